The van der Waals surface area contributed by atoms with Crippen molar-refractivity contribution in [3.05, 3.63) is 35.4 Å². The summed E-state index contributed by atoms with van der Waals surface area (Å²) in [6.45, 7) is 4.50. The zero-order valence-electron chi connectivity index (χ0n) is 19.6. The number of carbonyl (C=O) groups excluding carboxylic acids is 3. The number of hydrogen-bond donors (Lipinski definition) is 3. The molecule has 178 valence electrons. The first kappa shape index (κ1) is 25.8. The number of primary amides is 1. The Morgan fingerprint density at radius 3 is 2.28 bits per heavy atom. The van der Waals surface area contributed by atoms with Gasteiger partial charge in [-0.3, -0.25) is 14.4 Å². The third kappa shape index (κ3) is 6.77. The van der Waals surface area contributed by atoms with Crippen LogP contribution >= 0.6 is 0 Å². The van der Waals surface area contributed by atoms with Gasteiger partial charge >= 0.3 is 0 Å². The van der Waals surface area contributed by atoms with E-state index < -0.39 is 24.2 Å². The molecule has 2 saturated heterocycles. The van der Waals surface area contributed by atoms with Crippen molar-refractivity contribution in [1.82, 2.24) is 15.5 Å². The first-order chi connectivity index (χ1) is 15.5. The van der Waals surface area contributed by atoms with Gasteiger partial charge in [0.1, 0.15) is 18.3 Å². The summed E-state index contributed by atoms with van der Waals surface area (Å²) in [7, 11) is 1.65. The smallest absolute Gasteiger partial charge is 0.247 e. The Hall–Kier alpha value is -2.45. The summed E-state index contributed by atoms with van der Waals surface area (Å²) in [6, 6.07) is 7.49. The minimum atomic E-state index is -0.666. The fourth-order valence-corrected chi connectivity index (χ4v) is 4.36. The molecule has 4 N–H and O–H groups in total. The van der Waals surface area contributed by atoms with Crippen LogP contribution < -0.4 is 16.4 Å². The second kappa shape index (κ2) is 13.2. The number of benzene rings is 1. The molecular formula is C24H38N4O4. The summed E-state index contributed by atoms with van der Waals surface area (Å²) in [5, 5.41) is 5.38. The minimum Gasteiger partial charge on any atom is -0.368 e. The lowest BCUT2D eigenvalue weighted by Crippen LogP contribution is -2.54. The van der Waals surface area contributed by atoms with E-state index in [9.17, 15) is 14.4 Å². The number of carbonyl (C=O) groups is 3. The summed E-state index contributed by atoms with van der Waals surface area (Å²) in [5.74, 6) is -1.09. The highest BCUT2D eigenvalue weighted by Crippen LogP contribution is 2.28. The predicted molar refractivity (Wildman–Crippen MR) is 124 cm³/mol. The SMILES string of the molecule is CC.CNCC(=O)NC1CCOC2CCC(C(N)=O)N2C1=O.c1ccc2c(c1)CCCC2. The average molecular weight is 447 g/mol. The lowest BCUT2D eigenvalue weighted by molar-refractivity contribution is -0.147. The Morgan fingerprint density at radius 2 is 1.72 bits per heavy atom. The summed E-state index contributed by atoms with van der Waals surface area (Å²) in [6.07, 6.45) is 6.46. The van der Waals surface area contributed by atoms with Crippen molar-refractivity contribution in [1.29, 1.82) is 0 Å². The van der Waals surface area contributed by atoms with Gasteiger partial charge in [-0.05, 0) is 56.7 Å². The number of aryl methyl sites for hydroxylation is 2. The molecule has 3 aliphatic rings. The maximum atomic E-state index is 12.5. The van der Waals surface area contributed by atoms with Gasteiger partial charge in [-0.2, -0.15) is 0 Å². The maximum Gasteiger partial charge on any atom is 0.247 e. The highest BCUT2D eigenvalue weighted by molar-refractivity contribution is 5.92. The number of nitrogens with one attached hydrogen (secondary N) is 2. The van der Waals surface area contributed by atoms with Crippen molar-refractivity contribution in [3.63, 3.8) is 0 Å². The average Bonchev–Trinajstić information content (AvgIpc) is 3.18. The van der Waals surface area contributed by atoms with Crippen LogP contribution in [0.3, 0.4) is 0 Å². The summed E-state index contributed by atoms with van der Waals surface area (Å²) in [4.78, 5) is 36.9. The highest BCUT2D eigenvalue weighted by atomic mass is 16.5. The summed E-state index contributed by atoms with van der Waals surface area (Å²) >= 11 is 0. The molecule has 0 radical (unpaired) electrons. The van der Waals surface area contributed by atoms with E-state index in [1.54, 1.807) is 18.2 Å². The number of fused-ring (bicyclic) bond motifs is 2. The monoisotopic (exact) mass is 446 g/mol. The second-order valence-corrected chi connectivity index (χ2v) is 7.98. The second-order valence-electron chi connectivity index (χ2n) is 7.98. The van der Waals surface area contributed by atoms with E-state index in [4.69, 9.17) is 10.5 Å². The van der Waals surface area contributed by atoms with Crippen molar-refractivity contribution < 1.29 is 19.1 Å². The zero-order chi connectivity index (χ0) is 23.5. The van der Waals surface area contributed by atoms with Gasteiger partial charge in [0.05, 0.1) is 13.2 Å². The Morgan fingerprint density at radius 1 is 1.09 bits per heavy atom. The van der Waals surface area contributed by atoms with Crippen LogP contribution in [0.25, 0.3) is 0 Å². The summed E-state index contributed by atoms with van der Waals surface area (Å²) < 4.78 is 5.58. The standard InChI is InChI=1S/C12H20N4O4.C10H12.C2H6/c1-14-6-9(17)15-7-4-5-20-10-3-2-8(11(13)18)16(10)12(7)19;1-2-6-10-8-4-3-7-9(10)5-1;1-2/h7-8,10,14H,2-6H2,1H3,(H2,13,18)(H,15,17);1-2,5-6H,3-4,7-8H2;1-2H3. The van der Waals surface area contributed by atoms with Crippen LogP contribution in [-0.4, -0.2) is 61.1 Å². The Labute approximate surface area is 191 Å². The molecule has 32 heavy (non-hydrogen) atoms. The quantitative estimate of drug-likeness (QED) is 0.649. The van der Waals surface area contributed by atoms with Crippen LogP contribution in [0, 0.1) is 0 Å². The molecule has 1 aromatic rings. The Balaban J connectivity index is 0.000000251. The van der Waals surface area contributed by atoms with E-state index in [0.29, 0.717) is 25.9 Å². The fourth-order valence-electron chi connectivity index (χ4n) is 4.36. The molecular weight excluding hydrogens is 408 g/mol. The predicted octanol–water partition coefficient (Wildman–Crippen LogP) is 1.50. The van der Waals surface area contributed by atoms with Gasteiger partial charge in [-0.25, -0.2) is 0 Å². The van der Waals surface area contributed by atoms with Crippen molar-refractivity contribution in [2.45, 2.75) is 77.1 Å². The maximum absolute atomic E-state index is 12.5. The van der Waals surface area contributed by atoms with E-state index in [0.717, 1.165) is 0 Å². The molecule has 1 aliphatic carbocycles. The Kier molecular flexibility index (Phi) is 10.6. The molecule has 3 atom stereocenters. The molecule has 2 aliphatic heterocycles. The summed E-state index contributed by atoms with van der Waals surface area (Å²) in [5.41, 5.74) is 8.48. The van der Waals surface area contributed by atoms with Crippen LogP contribution in [0.5, 0.6) is 0 Å². The first-order valence-corrected chi connectivity index (χ1v) is 11.7. The van der Waals surface area contributed by atoms with Crippen LogP contribution in [0.1, 0.15) is 57.1 Å². The number of amides is 3. The van der Waals surface area contributed by atoms with Gasteiger partial charge in [-0.15, -0.1) is 0 Å². The molecule has 1 aromatic carbocycles. The van der Waals surface area contributed by atoms with Gasteiger partial charge in [-0.1, -0.05) is 38.1 Å². The van der Waals surface area contributed by atoms with E-state index in [1.807, 2.05) is 13.8 Å². The van der Waals surface area contributed by atoms with Gasteiger partial charge in [0.2, 0.25) is 17.7 Å². The molecule has 3 unspecified atom stereocenters. The van der Waals surface area contributed by atoms with Crippen LogP contribution in [0.2, 0.25) is 0 Å². The number of nitrogens with two attached hydrogens (primary N) is 1. The molecule has 8 nitrogen and oxygen atoms in total. The van der Waals surface area contributed by atoms with Crippen LogP contribution in [0.4, 0.5) is 0 Å². The number of likely N-dealkylation sites (N-methyl/N-ethyl adjacent to an activating group) is 1. The topological polar surface area (TPSA) is 114 Å². The lowest BCUT2D eigenvalue weighted by Gasteiger charge is -2.28. The molecule has 8 heteroatoms. The largest absolute Gasteiger partial charge is 0.368 e. The molecule has 2 fully saturated rings. The van der Waals surface area contributed by atoms with Crippen molar-refractivity contribution in [2.75, 3.05) is 20.2 Å². The molecule has 0 spiro atoms. The van der Waals surface area contributed by atoms with Gasteiger partial charge < -0.3 is 26.0 Å². The van der Waals surface area contributed by atoms with E-state index in [1.165, 1.54) is 30.6 Å². The van der Waals surface area contributed by atoms with Crippen LogP contribution in [-0.2, 0) is 32.0 Å². The minimum absolute atomic E-state index is 0.132. The van der Waals surface area contributed by atoms with Crippen molar-refractivity contribution >= 4 is 17.7 Å². The van der Waals surface area contributed by atoms with E-state index in [2.05, 4.69) is 34.9 Å². The number of hydrogen-bond acceptors (Lipinski definition) is 5. The molecule has 2 heterocycles. The molecule has 3 amide bonds. The van der Waals surface area contributed by atoms with Gasteiger partial charge in [0.15, 0.2) is 0 Å². The third-order valence-corrected chi connectivity index (χ3v) is 5.86. The first-order valence-electron chi connectivity index (χ1n) is 11.7. The number of ether oxygens (including phenoxy) is 1. The highest BCUT2D eigenvalue weighted by Gasteiger charge is 2.44. The number of nitrogens with zero attached hydrogens (tertiary/aromatic N) is 1. The normalized spacial score (nSPS) is 23.9. The Bertz CT molecular complexity index is 745. The number of rotatable bonds is 4. The van der Waals surface area contributed by atoms with Gasteiger partial charge in [0, 0.05) is 6.42 Å². The van der Waals surface area contributed by atoms with E-state index in [-0.39, 0.29) is 18.4 Å². The van der Waals surface area contributed by atoms with Crippen molar-refractivity contribution in [3.8, 4) is 0 Å². The van der Waals surface area contributed by atoms with Gasteiger partial charge in [0.25, 0.3) is 0 Å². The molecule has 0 bridgehead atoms. The third-order valence-electron chi connectivity index (χ3n) is 5.86. The van der Waals surface area contributed by atoms with Crippen LogP contribution in [0.15, 0.2) is 24.3 Å². The zero-order valence-corrected chi connectivity index (χ0v) is 19.6. The molecule has 0 saturated carbocycles. The van der Waals surface area contributed by atoms with E-state index >= 15 is 0 Å². The molecule has 4 rings (SSSR count). The fraction of sp³-hybridized carbons (Fsp3) is 0.625. The lowest BCUT2D eigenvalue weighted by atomic mass is 9.92. The molecule has 0 aromatic heterocycles. The van der Waals surface area contributed by atoms with Crippen molar-refractivity contribution in [2.24, 2.45) is 5.73 Å².